The molecule has 29 heavy (non-hydrogen) atoms. The predicted octanol–water partition coefficient (Wildman–Crippen LogP) is 4.06. The Kier molecular flexibility index (Phi) is 4.82. The van der Waals surface area contributed by atoms with Crippen molar-refractivity contribution in [2.24, 2.45) is 23.2 Å². The zero-order valence-corrected chi connectivity index (χ0v) is 18.1. The minimum absolute atomic E-state index is 0.00154. The average molecular weight is 402 g/mol. The van der Waals surface area contributed by atoms with Gasteiger partial charge in [0, 0.05) is 24.9 Å². The summed E-state index contributed by atoms with van der Waals surface area (Å²) in [7, 11) is 2.15. The molecule has 3 heterocycles. The molecule has 1 spiro atoms. The fourth-order valence-electron chi connectivity index (χ4n) is 6.68. The highest BCUT2D eigenvalue weighted by Gasteiger charge is 2.65. The molecule has 5 nitrogen and oxygen atoms in total. The Morgan fingerprint density at radius 3 is 2.90 bits per heavy atom. The van der Waals surface area contributed by atoms with Crippen molar-refractivity contribution in [3.8, 4) is 0 Å². The molecule has 5 rings (SSSR count). The van der Waals surface area contributed by atoms with Gasteiger partial charge >= 0.3 is 5.97 Å². The van der Waals surface area contributed by atoms with Gasteiger partial charge in [-0.15, -0.1) is 0 Å². The molecular formula is C24H35NO4. The molecule has 4 aliphatic rings. The van der Waals surface area contributed by atoms with Gasteiger partial charge in [0.1, 0.15) is 11.9 Å². The van der Waals surface area contributed by atoms with E-state index in [2.05, 4.69) is 25.8 Å². The lowest BCUT2D eigenvalue weighted by molar-refractivity contribution is -0.147. The van der Waals surface area contributed by atoms with Crippen LogP contribution in [0.2, 0.25) is 0 Å². The molecule has 2 aliphatic heterocycles. The number of hydrogen-bond acceptors (Lipinski definition) is 5. The summed E-state index contributed by atoms with van der Waals surface area (Å²) in [4.78, 5) is 15.2. The number of nitrogens with zero attached hydrogens (tertiary/aromatic N) is 1. The number of hydrogen-bond donors (Lipinski definition) is 0. The van der Waals surface area contributed by atoms with E-state index in [1.54, 1.807) is 6.26 Å². The molecule has 2 saturated carbocycles. The number of esters is 1. The van der Waals surface area contributed by atoms with Gasteiger partial charge in [-0.3, -0.25) is 4.79 Å². The molecule has 0 unspecified atom stereocenters. The van der Waals surface area contributed by atoms with Gasteiger partial charge in [0.15, 0.2) is 0 Å². The van der Waals surface area contributed by atoms with Crippen LogP contribution in [-0.2, 0) is 20.7 Å². The summed E-state index contributed by atoms with van der Waals surface area (Å²) in [5, 5.41) is 0. The molecule has 2 aliphatic carbocycles. The van der Waals surface area contributed by atoms with Crippen molar-refractivity contribution in [3.05, 3.63) is 24.2 Å². The summed E-state index contributed by atoms with van der Waals surface area (Å²) >= 11 is 0. The molecule has 0 aromatic carbocycles. The molecular weight excluding hydrogens is 366 g/mol. The van der Waals surface area contributed by atoms with Gasteiger partial charge in [0.25, 0.3) is 0 Å². The zero-order valence-electron chi connectivity index (χ0n) is 18.1. The van der Waals surface area contributed by atoms with Crippen LogP contribution in [0, 0.1) is 23.2 Å². The van der Waals surface area contributed by atoms with Crippen LogP contribution in [-0.4, -0.2) is 48.8 Å². The van der Waals surface area contributed by atoms with Gasteiger partial charge in [0.05, 0.1) is 24.4 Å². The van der Waals surface area contributed by atoms with Gasteiger partial charge in [-0.25, -0.2) is 0 Å². The molecule has 0 amide bonds. The van der Waals surface area contributed by atoms with Gasteiger partial charge < -0.3 is 18.8 Å². The van der Waals surface area contributed by atoms with Crippen LogP contribution in [0.15, 0.2) is 22.8 Å². The Balaban J connectivity index is 1.24. The standard InChI is InChI=1S/C24H35NO4/c1-16(7-8-17-6-4-11-27-17)25(3)14-19-18-12-21-23(2,13-20(18)29-22(19)26)9-5-10-24(21)15-28-24/h4,6,11,16,18-21H,5,7-10,12-15H2,1-3H3/t16-,18-,19+,20-,21-,23-,24+/m1/s1. The average Bonchev–Trinajstić information content (AvgIpc) is 3.13. The fourth-order valence-corrected chi connectivity index (χ4v) is 6.68. The molecule has 1 aromatic heterocycles. The van der Waals surface area contributed by atoms with Crippen LogP contribution >= 0.6 is 0 Å². The molecule has 0 radical (unpaired) electrons. The van der Waals surface area contributed by atoms with Gasteiger partial charge in [-0.05, 0) is 76.0 Å². The summed E-state index contributed by atoms with van der Waals surface area (Å²) in [5.74, 6) is 1.99. The van der Waals surface area contributed by atoms with Crippen LogP contribution in [0.5, 0.6) is 0 Å². The van der Waals surface area contributed by atoms with E-state index in [1.165, 1.54) is 19.3 Å². The number of fused-ring (bicyclic) bond motifs is 3. The number of ether oxygens (including phenoxy) is 2. The molecule has 0 bridgehead atoms. The van der Waals surface area contributed by atoms with Crippen molar-refractivity contribution in [1.29, 1.82) is 0 Å². The highest BCUT2D eigenvalue weighted by atomic mass is 16.6. The highest BCUT2D eigenvalue weighted by Crippen LogP contribution is 2.62. The largest absolute Gasteiger partial charge is 0.469 e. The minimum atomic E-state index is -0.00154. The summed E-state index contributed by atoms with van der Waals surface area (Å²) in [6.07, 6.45) is 9.60. The first-order valence-electron chi connectivity index (χ1n) is 11.5. The van der Waals surface area contributed by atoms with E-state index in [4.69, 9.17) is 13.9 Å². The van der Waals surface area contributed by atoms with E-state index < -0.39 is 0 Å². The van der Waals surface area contributed by atoms with Crippen LogP contribution in [0.3, 0.4) is 0 Å². The third-order valence-corrected chi connectivity index (χ3v) is 8.71. The monoisotopic (exact) mass is 401 g/mol. The summed E-state index contributed by atoms with van der Waals surface area (Å²) in [5.41, 5.74) is 0.393. The summed E-state index contributed by atoms with van der Waals surface area (Å²) in [6.45, 7) is 6.37. The molecule has 0 N–H and O–H groups in total. The third kappa shape index (κ3) is 3.44. The van der Waals surface area contributed by atoms with Crippen molar-refractivity contribution >= 4 is 5.97 Å². The molecule has 160 valence electrons. The van der Waals surface area contributed by atoms with Crippen molar-refractivity contribution in [2.45, 2.75) is 76.5 Å². The quantitative estimate of drug-likeness (QED) is 0.531. The Morgan fingerprint density at radius 2 is 2.17 bits per heavy atom. The maximum atomic E-state index is 12.8. The Morgan fingerprint density at radius 1 is 1.34 bits per heavy atom. The van der Waals surface area contributed by atoms with Crippen LogP contribution < -0.4 is 0 Å². The second kappa shape index (κ2) is 7.12. The van der Waals surface area contributed by atoms with Crippen molar-refractivity contribution < 1.29 is 18.7 Å². The van der Waals surface area contributed by atoms with E-state index >= 15 is 0 Å². The SMILES string of the molecule is C[C@H](CCc1ccco1)N(C)C[C@@H]1C(=O)O[C@@H]2C[C@@]3(C)CCC[C@]4(CO4)[C@@H]3C[C@H]12. The first kappa shape index (κ1) is 19.6. The Labute approximate surface area is 174 Å². The van der Waals surface area contributed by atoms with E-state index in [-0.39, 0.29) is 29.0 Å². The highest BCUT2D eigenvalue weighted by molar-refractivity contribution is 5.75. The molecule has 2 saturated heterocycles. The van der Waals surface area contributed by atoms with Crippen molar-refractivity contribution in [1.82, 2.24) is 4.90 Å². The summed E-state index contributed by atoms with van der Waals surface area (Å²) in [6, 6.07) is 4.37. The van der Waals surface area contributed by atoms with E-state index in [1.807, 2.05) is 12.1 Å². The van der Waals surface area contributed by atoms with Gasteiger partial charge in [0.2, 0.25) is 0 Å². The van der Waals surface area contributed by atoms with E-state index in [0.29, 0.717) is 17.9 Å². The lowest BCUT2D eigenvalue weighted by Gasteiger charge is -2.51. The first-order valence-corrected chi connectivity index (χ1v) is 11.5. The number of furan rings is 1. The Bertz CT molecular complexity index is 742. The zero-order chi connectivity index (χ0) is 20.2. The van der Waals surface area contributed by atoms with Crippen LogP contribution in [0.25, 0.3) is 0 Å². The normalized spacial score (nSPS) is 41.9. The number of epoxide rings is 1. The lowest BCUT2D eigenvalue weighted by Crippen LogP contribution is -2.51. The van der Waals surface area contributed by atoms with Gasteiger partial charge in [-0.1, -0.05) is 6.92 Å². The summed E-state index contributed by atoms with van der Waals surface area (Å²) < 4.78 is 17.4. The second-order valence-electron chi connectivity index (χ2n) is 10.5. The minimum Gasteiger partial charge on any atom is -0.469 e. The maximum absolute atomic E-state index is 12.8. The first-order chi connectivity index (χ1) is 13.9. The Hall–Kier alpha value is -1.33. The van der Waals surface area contributed by atoms with Crippen molar-refractivity contribution in [3.63, 3.8) is 0 Å². The second-order valence-corrected chi connectivity index (χ2v) is 10.5. The molecule has 4 fully saturated rings. The number of aryl methyl sites for hydroxylation is 1. The van der Waals surface area contributed by atoms with E-state index in [0.717, 1.165) is 44.6 Å². The predicted molar refractivity (Wildman–Crippen MR) is 109 cm³/mol. The maximum Gasteiger partial charge on any atom is 0.310 e. The number of carbonyl (C=O) groups excluding carboxylic acids is 1. The fraction of sp³-hybridized carbons (Fsp3) is 0.792. The molecule has 1 aromatic rings. The smallest absolute Gasteiger partial charge is 0.310 e. The van der Waals surface area contributed by atoms with Crippen LogP contribution in [0.1, 0.15) is 58.1 Å². The van der Waals surface area contributed by atoms with E-state index in [9.17, 15) is 4.79 Å². The third-order valence-electron chi connectivity index (χ3n) is 8.71. The van der Waals surface area contributed by atoms with Crippen molar-refractivity contribution in [2.75, 3.05) is 20.2 Å². The van der Waals surface area contributed by atoms with Crippen LogP contribution in [0.4, 0.5) is 0 Å². The molecule has 7 atom stereocenters. The molecule has 5 heteroatoms. The topological polar surface area (TPSA) is 55.2 Å². The van der Waals surface area contributed by atoms with Gasteiger partial charge in [-0.2, -0.15) is 0 Å². The number of carbonyl (C=O) groups is 1. The number of rotatable bonds is 6. The lowest BCUT2D eigenvalue weighted by atomic mass is 9.53.